The number of nitrogens with one attached hydrogen (secondary N) is 1. The van der Waals surface area contributed by atoms with Crippen molar-refractivity contribution in [1.29, 1.82) is 5.26 Å². The Morgan fingerprint density at radius 3 is 2.42 bits per heavy atom. The summed E-state index contributed by atoms with van der Waals surface area (Å²) in [4.78, 5) is 40.9. The van der Waals surface area contributed by atoms with Crippen LogP contribution in [0.4, 0.5) is 0 Å². The van der Waals surface area contributed by atoms with E-state index in [9.17, 15) is 19.6 Å². The van der Waals surface area contributed by atoms with E-state index in [4.69, 9.17) is 23.2 Å². The first-order valence-corrected chi connectivity index (χ1v) is 13.9. The number of hydrogen-bond donors (Lipinski definition) is 1. The predicted octanol–water partition coefficient (Wildman–Crippen LogP) is 4.63. The zero-order chi connectivity index (χ0) is 26.9. The van der Waals surface area contributed by atoms with Gasteiger partial charge in [-0.25, -0.2) is 0 Å². The molecule has 9 heteroatoms. The number of rotatable bonds is 7. The molecule has 2 aromatic rings. The van der Waals surface area contributed by atoms with Gasteiger partial charge in [-0.2, -0.15) is 5.26 Å². The first kappa shape index (κ1) is 26.7. The van der Waals surface area contributed by atoms with Crippen LogP contribution < -0.4 is 5.32 Å². The van der Waals surface area contributed by atoms with Crippen molar-refractivity contribution in [2.24, 2.45) is 0 Å². The third-order valence-corrected chi connectivity index (χ3v) is 8.84. The Morgan fingerprint density at radius 1 is 1.03 bits per heavy atom. The minimum atomic E-state index is -0.655. The number of carbonyl (C=O) groups excluding carboxylic acids is 3. The first-order chi connectivity index (χ1) is 18.3. The topological polar surface area (TPSA) is 93.5 Å². The van der Waals surface area contributed by atoms with E-state index in [1.54, 1.807) is 23.1 Å². The van der Waals surface area contributed by atoms with Crippen molar-refractivity contribution < 1.29 is 14.4 Å². The van der Waals surface area contributed by atoms with Gasteiger partial charge in [-0.05, 0) is 87.5 Å². The highest BCUT2D eigenvalue weighted by Gasteiger charge is 2.40. The molecule has 2 saturated heterocycles. The summed E-state index contributed by atoms with van der Waals surface area (Å²) in [5.41, 5.74) is 2.90. The average molecular weight is 553 g/mol. The highest BCUT2D eigenvalue weighted by atomic mass is 35.5. The second-order valence-electron chi connectivity index (χ2n) is 10.4. The van der Waals surface area contributed by atoms with Gasteiger partial charge in [-0.3, -0.25) is 19.7 Å². The highest BCUT2D eigenvalue weighted by Crippen LogP contribution is 2.42. The highest BCUT2D eigenvalue weighted by molar-refractivity contribution is 6.36. The second-order valence-corrected chi connectivity index (χ2v) is 11.2. The Morgan fingerprint density at radius 2 is 1.74 bits per heavy atom. The van der Waals surface area contributed by atoms with Crippen LogP contribution in [0, 0.1) is 11.3 Å². The smallest absolute Gasteiger partial charge is 0.255 e. The van der Waals surface area contributed by atoms with Gasteiger partial charge in [0.05, 0.1) is 11.5 Å². The van der Waals surface area contributed by atoms with Crippen LogP contribution in [0.2, 0.25) is 10.0 Å². The molecule has 1 N–H and O–H groups in total. The van der Waals surface area contributed by atoms with Crippen molar-refractivity contribution in [3.05, 3.63) is 68.7 Å². The largest absolute Gasteiger partial charge is 0.322 e. The number of likely N-dealkylation sites (tertiary alicyclic amines) is 1. The zero-order valence-electron chi connectivity index (χ0n) is 21.1. The molecule has 3 aliphatic heterocycles. The molecule has 198 valence electrons. The van der Waals surface area contributed by atoms with Gasteiger partial charge in [-0.15, -0.1) is 0 Å². The van der Waals surface area contributed by atoms with Crippen LogP contribution in [0.5, 0.6) is 0 Å². The summed E-state index contributed by atoms with van der Waals surface area (Å²) in [6.07, 6.45) is 4.83. The standard InChI is InChI=1S/C29H30Cl2N4O3/c30-22-8-4-9-23(31)26(22)29(18-32)12-15-34(16-13-29)14-2-1-5-19-6-3-7-20-21(19)17-35(28(20)38)24-10-11-25(36)33-27(24)37/h3-4,6-9,24H,1-2,5,10-17H2,(H,33,36,37). The predicted molar refractivity (Wildman–Crippen MR) is 145 cm³/mol. The Hall–Kier alpha value is -2.92. The van der Waals surface area contributed by atoms with Gasteiger partial charge in [-0.1, -0.05) is 41.4 Å². The fourth-order valence-electron chi connectivity index (χ4n) is 6.07. The number of piperidine rings is 2. The lowest BCUT2D eigenvalue weighted by atomic mass is 9.74. The summed E-state index contributed by atoms with van der Waals surface area (Å²) in [5.74, 6) is -0.803. The van der Waals surface area contributed by atoms with Gasteiger partial charge in [0.15, 0.2) is 0 Å². The number of halogens is 2. The number of imide groups is 1. The molecule has 38 heavy (non-hydrogen) atoms. The summed E-state index contributed by atoms with van der Waals surface area (Å²) >= 11 is 12.9. The fourth-order valence-corrected chi connectivity index (χ4v) is 6.83. The number of nitrogens with zero attached hydrogens (tertiary/aromatic N) is 3. The van der Waals surface area contributed by atoms with Crippen LogP contribution in [-0.2, 0) is 28.0 Å². The SMILES string of the molecule is N#CC1(c2c(Cl)cccc2Cl)CCN(CCCCc2cccc3c2CN(C2CCC(=O)NC2=O)C3=O)CC1. The zero-order valence-corrected chi connectivity index (χ0v) is 22.7. The molecule has 1 unspecified atom stereocenters. The summed E-state index contributed by atoms with van der Waals surface area (Å²) in [6, 6.07) is 13.1. The van der Waals surface area contributed by atoms with E-state index in [0.29, 0.717) is 41.4 Å². The van der Waals surface area contributed by atoms with E-state index in [-0.39, 0.29) is 24.1 Å². The third-order valence-electron chi connectivity index (χ3n) is 8.21. The molecule has 0 bridgehead atoms. The summed E-state index contributed by atoms with van der Waals surface area (Å²) in [5, 5.41) is 13.5. The summed E-state index contributed by atoms with van der Waals surface area (Å²) in [7, 11) is 0. The molecule has 7 nitrogen and oxygen atoms in total. The van der Waals surface area contributed by atoms with Gasteiger partial charge in [0.2, 0.25) is 11.8 Å². The molecule has 1 atom stereocenters. The Kier molecular flexibility index (Phi) is 7.76. The molecular formula is C29H30Cl2N4O3. The molecule has 0 aliphatic carbocycles. The normalized spacial score (nSPS) is 21.2. The van der Waals surface area contributed by atoms with Gasteiger partial charge in [0.1, 0.15) is 6.04 Å². The Balaban J connectivity index is 1.15. The number of hydrogen-bond acceptors (Lipinski definition) is 5. The summed E-state index contributed by atoms with van der Waals surface area (Å²) < 4.78 is 0. The third kappa shape index (κ3) is 5.05. The van der Waals surface area contributed by atoms with Crippen molar-refractivity contribution in [1.82, 2.24) is 15.1 Å². The lowest BCUT2D eigenvalue weighted by molar-refractivity contribution is -0.136. The van der Waals surface area contributed by atoms with Crippen LogP contribution in [0.3, 0.4) is 0 Å². The van der Waals surface area contributed by atoms with Crippen molar-refractivity contribution in [2.45, 2.75) is 62.9 Å². The average Bonchev–Trinajstić information content (AvgIpc) is 3.24. The molecule has 0 spiro atoms. The second kappa shape index (κ2) is 11.1. The van der Waals surface area contributed by atoms with Gasteiger partial charge in [0.25, 0.3) is 5.91 Å². The van der Waals surface area contributed by atoms with Crippen LogP contribution in [-0.4, -0.2) is 53.2 Å². The number of amides is 3. The first-order valence-electron chi connectivity index (χ1n) is 13.2. The van der Waals surface area contributed by atoms with Gasteiger partial charge >= 0.3 is 0 Å². The molecular weight excluding hydrogens is 523 g/mol. The maximum absolute atomic E-state index is 13.0. The maximum atomic E-state index is 13.0. The fraction of sp³-hybridized carbons (Fsp3) is 0.448. The molecule has 3 aliphatic rings. The minimum Gasteiger partial charge on any atom is -0.322 e. The van der Waals surface area contributed by atoms with E-state index >= 15 is 0 Å². The van der Waals surface area contributed by atoms with Crippen LogP contribution >= 0.6 is 23.2 Å². The molecule has 5 rings (SSSR count). The minimum absolute atomic E-state index is 0.135. The molecule has 3 heterocycles. The molecule has 0 aromatic heterocycles. The monoisotopic (exact) mass is 552 g/mol. The lowest BCUT2D eigenvalue weighted by Crippen LogP contribution is -2.52. The molecule has 0 saturated carbocycles. The van der Waals surface area contributed by atoms with Crippen molar-refractivity contribution in [2.75, 3.05) is 19.6 Å². The van der Waals surface area contributed by atoms with E-state index in [1.807, 2.05) is 12.1 Å². The van der Waals surface area contributed by atoms with Gasteiger partial charge in [0, 0.05) is 34.1 Å². The van der Waals surface area contributed by atoms with Crippen LogP contribution in [0.1, 0.15) is 65.6 Å². The van der Waals surface area contributed by atoms with E-state index in [2.05, 4.69) is 22.4 Å². The van der Waals surface area contributed by atoms with Crippen LogP contribution in [0.15, 0.2) is 36.4 Å². The van der Waals surface area contributed by atoms with E-state index < -0.39 is 11.5 Å². The molecule has 0 radical (unpaired) electrons. The Bertz CT molecular complexity index is 1290. The lowest BCUT2D eigenvalue weighted by Gasteiger charge is -2.38. The van der Waals surface area contributed by atoms with Crippen LogP contribution in [0.25, 0.3) is 0 Å². The van der Waals surface area contributed by atoms with Crippen molar-refractivity contribution in [3.8, 4) is 6.07 Å². The van der Waals surface area contributed by atoms with E-state index in [1.165, 1.54) is 0 Å². The quantitative estimate of drug-likeness (QED) is 0.399. The number of carbonyl (C=O) groups is 3. The Labute approximate surface area is 232 Å². The molecule has 3 amide bonds. The van der Waals surface area contributed by atoms with Crippen molar-refractivity contribution in [3.63, 3.8) is 0 Å². The summed E-state index contributed by atoms with van der Waals surface area (Å²) in [6.45, 7) is 2.97. The van der Waals surface area contributed by atoms with Crippen molar-refractivity contribution >= 4 is 40.9 Å². The number of unbranched alkanes of at least 4 members (excludes halogenated alkanes) is 1. The van der Waals surface area contributed by atoms with E-state index in [0.717, 1.165) is 55.6 Å². The number of benzene rings is 2. The molecule has 2 fully saturated rings. The number of aryl methyl sites for hydroxylation is 1. The number of nitriles is 1. The number of fused-ring (bicyclic) bond motifs is 1. The molecule has 2 aromatic carbocycles. The maximum Gasteiger partial charge on any atom is 0.255 e. The van der Waals surface area contributed by atoms with Gasteiger partial charge < -0.3 is 9.80 Å².